The quantitative estimate of drug-likeness (QED) is 0.796. The number of rotatable bonds is 2. The Labute approximate surface area is 130 Å². The van der Waals surface area contributed by atoms with Gasteiger partial charge in [-0.25, -0.2) is 4.79 Å². The number of aryl methyl sites for hydroxylation is 1. The summed E-state index contributed by atoms with van der Waals surface area (Å²) in [5, 5.41) is 0.954. The van der Waals surface area contributed by atoms with Gasteiger partial charge in [0.2, 0.25) is 0 Å². The number of benzene rings is 1. The highest BCUT2D eigenvalue weighted by atomic mass is 16.5. The molecule has 2 saturated heterocycles. The molecule has 4 nitrogen and oxygen atoms in total. The van der Waals surface area contributed by atoms with E-state index in [4.69, 9.17) is 9.15 Å². The molecule has 2 bridgehead atoms. The van der Waals surface area contributed by atoms with Gasteiger partial charge in [-0.05, 0) is 38.9 Å². The fourth-order valence-electron chi connectivity index (χ4n) is 4.03. The lowest BCUT2D eigenvalue weighted by molar-refractivity contribution is -0.000353. The third-order valence-corrected chi connectivity index (χ3v) is 5.22. The van der Waals surface area contributed by atoms with Gasteiger partial charge in [0.25, 0.3) is 0 Å². The molecule has 0 radical (unpaired) electrons. The third-order valence-electron chi connectivity index (χ3n) is 5.22. The van der Waals surface area contributed by atoms with Gasteiger partial charge in [-0.3, -0.25) is 0 Å². The highest BCUT2D eigenvalue weighted by molar-refractivity contribution is 6.02. The van der Waals surface area contributed by atoms with Crippen molar-refractivity contribution in [2.24, 2.45) is 0 Å². The van der Waals surface area contributed by atoms with Crippen LogP contribution in [0.5, 0.6) is 0 Å². The minimum Gasteiger partial charge on any atom is -0.460 e. The van der Waals surface area contributed by atoms with Gasteiger partial charge >= 0.3 is 5.97 Å². The van der Waals surface area contributed by atoms with Gasteiger partial charge in [0.05, 0.1) is 0 Å². The molecule has 116 valence electrons. The highest BCUT2D eigenvalue weighted by Crippen LogP contribution is 2.36. The van der Waals surface area contributed by atoms with Gasteiger partial charge < -0.3 is 14.1 Å². The van der Waals surface area contributed by atoms with Gasteiger partial charge in [-0.15, -0.1) is 0 Å². The zero-order valence-corrected chi connectivity index (χ0v) is 13.0. The molecule has 0 saturated carbocycles. The van der Waals surface area contributed by atoms with Crippen LogP contribution in [0.4, 0.5) is 0 Å². The molecule has 4 rings (SSSR count). The van der Waals surface area contributed by atoms with Crippen LogP contribution in [0.1, 0.15) is 41.8 Å². The maximum atomic E-state index is 12.6. The Morgan fingerprint density at radius 3 is 2.73 bits per heavy atom. The molecule has 2 aliphatic heterocycles. The lowest BCUT2D eigenvalue weighted by Crippen LogP contribution is -2.43. The van der Waals surface area contributed by atoms with Crippen molar-refractivity contribution in [1.82, 2.24) is 4.90 Å². The molecule has 3 heterocycles. The highest BCUT2D eigenvalue weighted by Gasteiger charge is 2.40. The average molecular weight is 299 g/mol. The van der Waals surface area contributed by atoms with Crippen molar-refractivity contribution in [2.45, 2.75) is 50.8 Å². The van der Waals surface area contributed by atoms with E-state index in [0.717, 1.165) is 24.0 Å². The Hall–Kier alpha value is -1.81. The summed E-state index contributed by atoms with van der Waals surface area (Å²) in [5.41, 5.74) is 1.18. The SMILES string of the molecule is Cc1cc2cccc(C(=O)OC3C[C@H]4CC[C@@H](C3)N4C)c2o1. The van der Waals surface area contributed by atoms with Crippen LogP contribution >= 0.6 is 0 Å². The van der Waals surface area contributed by atoms with E-state index in [-0.39, 0.29) is 12.1 Å². The van der Waals surface area contributed by atoms with Crippen LogP contribution in [0, 0.1) is 6.92 Å². The second kappa shape index (κ2) is 5.13. The number of nitrogens with zero attached hydrogens (tertiary/aromatic N) is 1. The van der Waals surface area contributed by atoms with E-state index in [1.54, 1.807) is 6.07 Å². The maximum absolute atomic E-state index is 12.6. The van der Waals surface area contributed by atoms with Crippen molar-refractivity contribution in [3.8, 4) is 0 Å². The van der Waals surface area contributed by atoms with Gasteiger partial charge in [0, 0.05) is 30.3 Å². The van der Waals surface area contributed by atoms with E-state index in [9.17, 15) is 4.79 Å². The lowest BCUT2D eigenvalue weighted by atomic mass is 10.0. The number of ether oxygens (including phenoxy) is 1. The van der Waals surface area contributed by atoms with Crippen LogP contribution in [-0.4, -0.2) is 36.1 Å². The van der Waals surface area contributed by atoms with Crippen LogP contribution in [-0.2, 0) is 4.74 Å². The number of fused-ring (bicyclic) bond motifs is 3. The van der Waals surface area contributed by atoms with Gasteiger partial charge in [-0.1, -0.05) is 12.1 Å². The summed E-state index contributed by atoms with van der Waals surface area (Å²) in [6.45, 7) is 1.89. The topological polar surface area (TPSA) is 42.7 Å². The van der Waals surface area contributed by atoms with Crippen LogP contribution in [0.15, 0.2) is 28.7 Å². The van der Waals surface area contributed by atoms with Crippen LogP contribution in [0.3, 0.4) is 0 Å². The number of piperidine rings is 1. The second-order valence-corrected chi connectivity index (χ2v) is 6.63. The predicted molar refractivity (Wildman–Crippen MR) is 84.0 cm³/mol. The smallest absolute Gasteiger partial charge is 0.342 e. The Bertz CT molecular complexity index is 706. The van der Waals surface area contributed by atoms with E-state index >= 15 is 0 Å². The standard InChI is InChI=1S/C18H21NO3/c1-11-8-12-4-3-5-16(17(12)21-11)18(20)22-15-9-13-6-7-14(10-15)19(13)2/h3-5,8,13-15H,6-7,9-10H2,1-2H3/t13-,14+,15?. The third kappa shape index (κ3) is 2.22. The second-order valence-electron chi connectivity index (χ2n) is 6.63. The number of esters is 1. The minimum absolute atomic E-state index is 0.0347. The minimum atomic E-state index is -0.256. The largest absolute Gasteiger partial charge is 0.460 e. The van der Waals surface area contributed by atoms with Crippen LogP contribution < -0.4 is 0 Å². The van der Waals surface area contributed by atoms with E-state index in [1.165, 1.54) is 12.8 Å². The number of carbonyl (C=O) groups excluding carboxylic acids is 1. The van der Waals surface area contributed by atoms with E-state index < -0.39 is 0 Å². The molecule has 1 aromatic carbocycles. The Kier molecular flexibility index (Phi) is 3.22. The summed E-state index contributed by atoms with van der Waals surface area (Å²) in [4.78, 5) is 15.0. The summed E-state index contributed by atoms with van der Waals surface area (Å²) in [7, 11) is 2.19. The monoisotopic (exact) mass is 299 g/mol. The van der Waals surface area contributed by atoms with Gasteiger partial charge in [0.15, 0.2) is 0 Å². The summed E-state index contributed by atoms with van der Waals surface area (Å²) >= 11 is 0. The number of carbonyl (C=O) groups is 1. The first-order valence-electron chi connectivity index (χ1n) is 8.04. The number of hydrogen-bond acceptors (Lipinski definition) is 4. The first kappa shape index (κ1) is 13.8. The molecule has 1 aromatic heterocycles. The van der Waals surface area contributed by atoms with E-state index in [1.807, 2.05) is 25.1 Å². The van der Waals surface area contributed by atoms with Crippen molar-refractivity contribution in [3.63, 3.8) is 0 Å². The molecule has 0 spiro atoms. The number of para-hydroxylation sites is 1. The molecule has 1 unspecified atom stereocenters. The summed E-state index contributed by atoms with van der Waals surface area (Å²) in [6.07, 6.45) is 4.38. The Balaban J connectivity index is 1.54. The van der Waals surface area contributed by atoms with Crippen molar-refractivity contribution >= 4 is 16.9 Å². The zero-order valence-electron chi connectivity index (χ0n) is 13.0. The molecule has 3 atom stereocenters. The zero-order chi connectivity index (χ0) is 15.3. The summed E-state index contributed by atoms with van der Waals surface area (Å²) in [5.74, 6) is 0.557. The molecule has 2 fully saturated rings. The summed E-state index contributed by atoms with van der Waals surface area (Å²) < 4.78 is 11.5. The number of furan rings is 1. The maximum Gasteiger partial charge on any atom is 0.342 e. The molecule has 0 amide bonds. The fraction of sp³-hybridized carbons (Fsp3) is 0.500. The Morgan fingerprint density at radius 2 is 2.00 bits per heavy atom. The van der Waals surface area contributed by atoms with Crippen molar-refractivity contribution in [2.75, 3.05) is 7.05 Å². The first-order valence-corrected chi connectivity index (χ1v) is 8.04. The van der Waals surface area contributed by atoms with E-state index in [2.05, 4.69) is 11.9 Å². The van der Waals surface area contributed by atoms with Crippen LogP contribution in [0.25, 0.3) is 11.0 Å². The molecule has 4 heteroatoms. The normalized spacial score (nSPS) is 28.2. The fourth-order valence-corrected chi connectivity index (χ4v) is 4.03. The van der Waals surface area contributed by atoms with Crippen molar-refractivity contribution < 1.29 is 13.9 Å². The first-order chi connectivity index (χ1) is 10.6. The molecule has 0 N–H and O–H groups in total. The lowest BCUT2D eigenvalue weighted by Gasteiger charge is -2.35. The molecule has 2 aromatic rings. The molecule has 22 heavy (non-hydrogen) atoms. The van der Waals surface area contributed by atoms with Crippen LogP contribution in [0.2, 0.25) is 0 Å². The number of hydrogen-bond donors (Lipinski definition) is 0. The van der Waals surface area contributed by atoms with Crippen molar-refractivity contribution in [1.29, 1.82) is 0 Å². The predicted octanol–water partition coefficient (Wildman–Crippen LogP) is 3.52. The van der Waals surface area contributed by atoms with E-state index in [0.29, 0.717) is 23.2 Å². The van der Waals surface area contributed by atoms with Crippen molar-refractivity contribution in [3.05, 3.63) is 35.6 Å². The Morgan fingerprint density at radius 1 is 1.27 bits per heavy atom. The average Bonchev–Trinajstić information content (AvgIpc) is 2.94. The molecular formula is C18H21NO3. The molecule has 2 aliphatic rings. The van der Waals surface area contributed by atoms with Gasteiger partial charge in [-0.2, -0.15) is 0 Å². The molecular weight excluding hydrogens is 278 g/mol. The summed E-state index contributed by atoms with van der Waals surface area (Å²) in [6, 6.07) is 8.71. The van der Waals surface area contributed by atoms with Gasteiger partial charge in [0.1, 0.15) is 23.0 Å². The molecule has 0 aliphatic carbocycles.